The highest BCUT2D eigenvalue weighted by molar-refractivity contribution is 9.09. The first-order chi connectivity index (χ1) is 7.34. The van der Waals surface area contributed by atoms with Crippen molar-refractivity contribution < 1.29 is 9.53 Å². The zero-order valence-electron chi connectivity index (χ0n) is 10.6. The van der Waals surface area contributed by atoms with Crippen LogP contribution in [0.15, 0.2) is 0 Å². The van der Waals surface area contributed by atoms with Gasteiger partial charge in [-0.1, -0.05) is 29.8 Å². The molecule has 1 fully saturated rings. The van der Waals surface area contributed by atoms with E-state index in [0.717, 1.165) is 5.33 Å². The summed E-state index contributed by atoms with van der Waals surface area (Å²) in [6, 6.07) is 0. The maximum absolute atomic E-state index is 12.0. The Bertz CT molecular complexity index is 253. The molecule has 1 rings (SSSR count). The largest absolute Gasteiger partial charge is 0.368 e. The number of carbonyl (C=O) groups is 1. The van der Waals surface area contributed by atoms with Crippen LogP contribution in [-0.4, -0.2) is 40.9 Å². The van der Waals surface area contributed by atoms with Crippen LogP contribution in [0.3, 0.4) is 0 Å². The lowest BCUT2D eigenvalue weighted by molar-refractivity contribution is -0.157. The van der Waals surface area contributed by atoms with Crippen LogP contribution in [0.2, 0.25) is 0 Å². The van der Waals surface area contributed by atoms with Crippen molar-refractivity contribution in [3.8, 4) is 0 Å². The van der Waals surface area contributed by atoms with E-state index in [2.05, 4.69) is 29.8 Å². The monoisotopic (exact) mass is 291 g/mol. The molecule has 1 saturated heterocycles. The first-order valence-electron chi connectivity index (χ1n) is 5.85. The molecule has 1 unspecified atom stereocenters. The van der Waals surface area contributed by atoms with Crippen molar-refractivity contribution in [1.29, 1.82) is 0 Å². The number of morpholine rings is 1. The number of carbonyl (C=O) groups excluding carboxylic acids is 1. The van der Waals surface area contributed by atoms with Gasteiger partial charge in [-0.05, 0) is 19.8 Å². The Morgan fingerprint density at radius 1 is 1.56 bits per heavy atom. The number of rotatable bonds is 3. The Balaban J connectivity index is 2.62. The van der Waals surface area contributed by atoms with Crippen LogP contribution >= 0.6 is 15.9 Å². The number of alkyl halides is 1. The van der Waals surface area contributed by atoms with Crippen molar-refractivity contribution in [2.45, 2.75) is 45.8 Å². The molecule has 1 atom stereocenters. The lowest BCUT2D eigenvalue weighted by Gasteiger charge is -2.42. The van der Waals surface area contributed by atoms with E-state index in [1.165, 1.54) is 0 Å². The third-order valence-electron chi connectivity index (χ3n) is 2.59. The highest BCUT2D eigenvalue weighted by Crippen LogP contribution is 2.23. The van der Waals surface area contributed by atoms with Crippen LogP contribution in [0.1, 0.15) is 34.1 Å². The second-order valence-electron chi connectivity index (χ2n) is 5.53. The highest BCUT2D eigenvalue weighted by atomic mass is 79.9. The molecule has 1 heterocycles. The van der Waals surface area contributed by atoms with Crippen LogP contribution in [0.4, 0.5) is 0 Å². The normalized spacial score (nSPS) is 24.9. The topological polar surface area (TPSA) is 29.5 Å². The van der Waals surface area contributed by atoms with Crippen LogP contribution in [-0.2, 0) is 9.53 Å². The lowest BCUT2D eigenvalue weighted by Crippen LogP contribution is -2.55. The van der Waals surface area contributed by atoms with Gasteiger partial charge in [-0.15, -0.1) is 0 Å². The molecule has 0 aliphatic carbocycles. The highest BCUT2D eigenvalue weighted by Gasteiger charge is 2.34. The molecule has 1 aliphatic rings. The summed E-state index contributed by atoms with van der Waals surface area (Å²) < 4.78 is 5.87. The number of nitrogens with zero attached hydrogens (tertiary/aromatic N) is 1. The molecule has 0 aromatic heterocycles. The van der Waals surface area contributed by atoms with E-state index in [0.29, 0.717) is 25.4 Å². The third kappa shape index (κ3) is 4.06. The second-order valence-corrected chi connectivity index (χ2v) is 6.17. The predicted octanol–water partition coefficient (Wildman–Crippen LogP) is 2.43. The zero-order valence-corrected chi connectivity index (χ0v) is 12.2. The number of ether oxygens (including phenoxy) is 1. The fourth-order valence-corrected chi connectivity index (χ4v) is 2.38. The quantitative estimate of drug-likeness (QED) is 0.748. The van der Waals surface area contributed by atoms with Crippen molar-refractivity contribution in [2.24, 2.45) is 5.92 Å². The third-order valence-corrected chi connectivity index (χ3v) is 3.31. The van der Waals surface area contributed by atoms with E-state index < -0.39 is 0 Å². The summed E-state index contributed by atoms with van der Waals surface area (Å²) in [5.41, 5.74) is -0.233. The molecule has 0 aromatic carbocycles. The number of amides is 1. The van der Waals surface area contributed by atoms with Crippen molar-refractivity contribution >= 4 is 21.8 Å². The van der Waals surface area contributed by atoms with Gasteiger partial charge in [0.2, 0.25) is 5.91 Å². The minimum atomic E-state index is -0.233. The molecule has 0 bridgehead atoms. The summed E-state index contributed by atoms with van der Waals surface area (Å²) in [6.07, 6.45) is 0.741. The van der Waals surface area contributed by atoms with E-state index in [4.69, 9.17) is 4.74 Å². The maximum atomic E-state index is 12.0. The maximum Gasteiger partial charge on any atom is 0.223 e. The molecular formula is C12H22BrNO2. The SMILES string of the molecule is CC(C)CC(=O)N1CC(CBr)OC(C)(C)C1. The van der Waals surface area contributed by atoms with Gasteiger partial charge in [0, 0.05) is 24.8 Å². The van der Waals surface area contributed by atoms with Gasteiger partial charge in [0.25, 0.3) is 0 Å². The molecule has 4 heteroatoms. The minimum Gasteiger partial charge on any atom is -0.368 e. The summed E-state index contributed by atoms with van der Waals surface area (Å²) in [6.45, 7) is 9.63. The van der Waals surface area contributed by atoms with Gasteiger partial charge in [0.1, 0.15) is 0 Å². The van der Waals surface area contributed by atoms with Crippen LogP contribution in [0, 0.1) is 5.92 Å². The van der Waals surface area contributed by atoms with Crippen LogP contribution in [0.5, 0.6) is 0 Å². The van der Waals surface area contributed by atoms with Crippen LogP contribution in [0.25, 0.3) is 0 Å². The summed E-state index contributed by atoms with van der Waals surface area (Å²) in [5.74, 6) is 0.665. The number of halogens is 1. The molecule has 16 heavy (non-hydrogen) atoms. The Morgan fingerprint density at radius 3 is 2.69 bits per heavy atom. The predicted molar refractivity (Wildman–Crippen MR) is 68.8 cm³/mol. The van der Waals surface area contributed by atoms with Crippen molar-refractivity contribution in [1.82, 2.24) is 4.90 Å². The Kier molecular flexibility index (Phi) is 4.80. The minimum absolute atomic E-state index is 0.111. The van der Waals surface area contributed by atoms with Crippen LogP contribution < -0.4 is 0 Å². The van der Waals surface area contributed by atoms with Gasteiger partial charge >= 0.3 is 0 Å². The molecule has 0 saturated carbocycles. The molecule has 1 amide bonds. The smallest absolute Gasteiger partial charge is 0.223 e. The summed E-state index contributed by atoms with van der Waals surface area (Å²) in [4.78, 5) is 14.0. The Hall–Kier alpha value is -0.0900. The molecule has 1 aliphatic heterocycles. The summed E-state index contributed by atoms with van der Waals surface area (Å²) >= 11 is 3.43. The average molecular weight is 292 g/mol. The zero-order chi connectivity index (χ0) is 12.3. The van der Waals surface area contributed by atoms with E-state index in [1.54, 1.807) is 0 Å². The van der Waals surface area contributed by atoms with Gasteiger partial charge in [-0.2, -0.15) is 0 Å². The first-order valence-corrected chi connectivity index (χ1v) is 6.98. The Morgan fingerprint density at radius 2 is 2.19 bits per heavy atom. The van der Waals surface area contributed by atoms with Gasteiger partial charge in [0.05, 0.1) is 11.7 Å². The van der Waals surface area contributed by atoms with Crippen molar-refractivity contribution in [2.75, 3.05) is 18.4 Å². The number of hydrogen-bond donors (Lipinski definition) is 0. The summed E-state index contributed by atoms with van der Waals surface area (Å²) in [5, 5.41) is 0.780. The number of hydrogen-bond acceptors (Lipinski definition) is 2. The molecule has 3 nitrogen and oxygen atoms in total. The van der Waals surface area contributed by atoms with E-state index in [1.807, 2.05) is 18.7 Å². The molecule has 0 radical (unpaired) electrons. The van der Waals surface area contributed by atoms with Gasteiger partial charge in [-0.25, -0.2) is 0 Å². The molecule has 0 N–H and O–H groups in total. The fourth-order valence-electron chi connectivity index (χ4n) is 2.04. The van der Waals surface area contributed by atoms with E-state index >= 15 is 0 Å². The van der Waals surface area contributed by atoms with E-state index in [-0.39, 0.29) is 17.6 Å². The molecular weight excluding hydrogens is 270 g/mol. The fraction of sp³-hybridized carbons (Fsp3) is 0.917. The van der Waals surface area contributed by atoms with Gasteiger partial charge in [-0.3, -0.25) is 4.79 Å². The molecule has 94 valence electrons. The summed E-state index contributed by atoms with van der Waals surface area (Å²) in [7, 11) is 0. The van der Waals surface area contributed by atoms with E-state index in [9.17, 15) is 4.79 Å². The second kappa shape index (κ2) is 5.50. The van der Waals surface area contributed by atoms with Crippen molar-refractivity contribution in [3.05, 3.63) is 0 Å². The lowest BCUT2D eigenvalue weighted by atomic mass is 10.0. The van der Waals surface area contributed by atoms with Crippen molar-refractivity contribution in [3.63, 3.8) is 0 Å². The Labute approximate surface area is 107 Å². The molecule has 0 spiro atoms. The average Bonchev–Trinajstić information content (AvgIpc) is 2.14. The van der Waals surface area contributed by atoms with Gasteiger partial charge < -0.3 is 9.64 Å². The first kappa shape index (κ1) is 14.0. The standard InChI is InChI=1S/C12H22BrNO2/c1-9(2)5-11(15)14-7-10(6-13)16-12(3,4)8-14/h9-10H,5-8H2,1-4H3. The van der Waals surface area contributed by atoms with Gasteiger partial charge in [0.15, 0.2) is 0 Å². The molecule has 0 aromatic rings.